The number of fused-ring (bicyclic) bond motifs is 1. The highest BCUT2D eigenvalue weighted by Gasteiger charge is 2.34. The fraction of sp³-hybridized carbons (Fsp3) is 0.379. The standard InChI is InChI=1S/C29H36N8O2/c1-5-14-30-27(38)23-17-31-28(32-21-7-9-22(10-8-21)37-16-15-36(4)18-19(37)2)35-26(23)34-24-11-6-20-12-13-29(3,39)25(20)33-24/h5-11,17,19,39H,1,12-16,18H2,2-4H3,(H,30,38)(H2,31,32,33,34,35)/t19-,29+/m1/s1. The first kappa shape index (κ1) is 26.6. The molecule has 0 bridgehead atoms. The molecule has 4 N–H and O–H groups in total. The number of likely N-dealkylation sites (N-methyl/N-ethyl adjacent to an activating group) is 1. The van der Waals surface area contributed by atoms with Gasteiger partial charge in [0, 0.05) is 49.8 Å². The summed E-state index contributed by atoms with van der Waals surface area (Å²) in [7, 11) is 2.16. The van der Waals surface area contributed by atoms with E-state index in [0.717, 1.165) is 37.3 Å². The van der Waals surface area contributed by atoms with Crippen LogP contribution in [-0.2, 0) is 12.0 Å². The van der Waals surface area contributed by atoms with E-state index in [2.05, 4.69) is 73.4 Å². The van der Waals surface area contributed by atoms with Crippen LogP contribution in [0.5, 0.6) is 0 Å². The first-order valence-corrected chi connectivity index (χ1v) is 13.3. The lowest BCUT2D eigenvalue weighted by molar-refractivity contribution is 0.0555. The molecule has 2 atom stereocenters. The molecule has 2 aliphatic rings. The lowest BCUT2D eigenvalue weighted by Gasteiger charge is -2.39. The summed E-state index contributed by atoms with van der Waals surface area (Å²) >= 11 is 0. The van der Waals surface area contributed by atoms with Gasteiger partial charge >= 0.3 is 0 Å². The molecule has 10 heteroatoms. The molecule has 10 nitrogen and oxygen atoms in total. The number of anilines is 5. The van der Waals surface area contributed by atoms with Crippen LogP contribution < -0.4 is 20.9 Å². The van der Waals surface area contributed by atoms with Crippen molar-refractivity contribution in [1.82, 2.24) is 25.2 Å². The van der Waals surface area contributed by atoms with E-state index in [1.807, 2.05) is 24.3 Å². The van der Waals surface area contributed by atoms with E-state index >= 15 is 0 Å². The Hall–Kier alpha value is -4.02. The molecule has 39 heavy (non-hydrogen) atoms. The maximum absolute atomic E-state index is 12.8. The van der Waals surface area contributed by atoms with Crippen LogP contribution in [-0.4, -0.2) is 70.1 Å². The van der Waals surface area contributed by atoms with Gasteiger partial charge in [-0.1, -0.05) is 12.1 Å². The zero-order valence-electron chi connectivity index (χ0n) is 22.7. The predicted molar refractivity (Wildman–Crippen MR) is 154 cm³/mol. The molecule has 3 heterocycles. The summed E-state index contributed by atoms with van der Waals surface area (Å²) in [5.41, 5.74) is 2.97. The number of hydrogen-bond acceptors (Lipinski definition) is 9. The number of piperazine rings is 1. The molecule has 0 saturated carbocycles. The summed E-state index contributed by atoms with van der Waals surface area (Å²) in [5.74, 6) is 0.806. The number of benzene rings is 1. The van der Waals surface area contributed by atoms with Gasteiger partial charge in [-0.05, 0) is 69.6 Å². The molecule has 1 fully saturated rings. The molecule has 0 unspecified atom stereocenters. The number of aromatic nitrogens is 3. The average molecular weight is 529 g/mol. The molecule has 1 aliphatic carbocycles. The van der Waals surface area contributed by atoms with Gasteiger partial charge in [0.2, 0.25) is 5.95 Å². The maximum Gasteiger partial charge on any atom is 0.256 e. The summed E-state index contributed by atoms with van der Waals surface area (Å²) in [6.45, 7) is 11.1. The molecule has 0 spiro atoms. The second-order valence-electron chi connectivity index (χ2n) is 10.5. The van der Waals surface area contributed by atoms with Crippen LogP contribution in [0, 0.1) is 0 Å². The summed E-state index contributed by atoms with van der Waals surface area (Å²) in [5, 5.41) is 19.9. The van der Waals surface area contributed by atoms with Gasteiger partial charge in [0.15, 0.2) is 0 Å². The second kappa shape index (κ2) is 11.0. The molecule has 1 amide bonds. The molecular formula is C29H36N8O2. The number of aryl methyl sites for hydroxylation is 1. The highest BCUT2D eigenvalue weighted by atomic mass is 16.3. The average Bonchev–Trinajstić information content (AvgIpc) is 3.22. The molecule has 204 valence electrons. The Morgan fingerprint density at radius 3 is 2.72 bits per heavy atom. The molecular weight excluding hydrogens is 492 g/mol. The Morgan fingerprint density at radius 2 is 1.97 bits per heavy atom. The van der Waals surface area contributed by atoms with Crippen LogP contribution in [0.3, 0.4) is 0 Å². The highest BCUT2D eigenvalue weighted by molar-refractivity contribution is 5.99. The third kappa shape index (κ3) is 5.86. The van der Waals surface area contributed by atoms with Crippen LogP contribution in [0.15, 0.2) is 55.3 Å². The Bertz CT molecular complexity index is 1360. The fourth-order valence-electron chi connectivity index (χ4n) is 5.20. The number of nitrogens with one attached hydrogen (secondary N) is 3. The van der Waals surface area contributed by atoms with Gasteiger partial charge in [-0.3, -0.25) is 4.79 Å². The van der Waals surface area contributed by atoms with Gasteiger partial charge in [0.1, 0.15) is 22.8 Å². The number of rotatable bonds is 8. The van der Waals surface area contributed by atoms with Crippen molar-refractivity contribution in [2.45, 2.75) is 38.3 Å². The molecule has 3 aromatic rings. The minimum Gasteiger partial charge on any atom is -0.384 e. The number of amides is 1. The van der Waals surface area contributed by atoms with Gasteiger partial charge in [-0.15, -0.1) is 6.58 Å². The van der Waals surface area contributed by atoms with Gasteiger partial charge in [-0.2, -0.15) is 4.98 Å². The van der Waals surface area contributed by atoms with Crippen molar-refractivity contribution in [2.75, 3.05) is 48.8 Å². The van der Waals surface area contributed by atoms with E-state index in [1.54, 1.807) is 13.0 Å². The molecule has 0 radical (unpaired) electrons. The number of aliphatic hydroxyl groups is 1. The normalized spacial score (nSPS) is 20.8. The molecule has 1 saturated heterocycles. The van der Waals surface area contributed by atoms with E-state index in [0.29, 0.717) is 42.3 Å². The minimum absolute atomic E-state index is 0.274. The monoisotopic (exact) mass is 528 g/mol. The van der Waals surface area contributed by atoms with Crippen molar-refractivity contribution in [1.29, 1.82) is 0 Å². The van der Waals surface area contributed by atoms with E-state index in [9.17, 15) is 9.90 Å². The zero-order valence-corrected chi connectivity index (χ0v) is 22.7. The number of carbonyl (C=O) groups excluding carboxylic acids is 1. The van der Waals surface area contributed by atoms with Gasteiger partial charge in [0.05, 0.1) is 5.69 Å². The number of pyridine rings is 1. The van der Waals surface area contributed by atoms with E-state index in [1.165, 1.54) is 11.9 Å². The second-order valence-corrected chi connectivity index (χ2v) is 10.5. The lowest BCUT2D eigenvalue weighted by atomic mass is 10.0. The van der Waals surface area contributed by atoms with Crippen LogP contribution in [0.2, 0.25) is 0 Å². The first-order chi connectivity index (χ1) is 18.7. The first-order valence-electron chi connectivity index (χ1n) is 13.3. The van der Waals surface area contributed by atoms with Crippen molar-refractivity contribution in [3.05, 3.63) is 72.1 Å². The largest absolute Gasteiger partial charge is 0.384 e. The predicted octanol–water partition coefficient (Wildman–Crippen LogP) is 3.57. The third-order valence-electron chi connectivity index (χ3n) is 7.34. The summed E-state index contributed by atoms with van der Waals surface area (Å²) < 4.78 is 0. The lowest BCUT2D eigenvalue weighted by Crippen LogP contribution is -2.50. The third-order valence-corrected chi connectivity index (χ3v) is 7.34. The van der Waals surface area contributed by atoms with Crippen molar-refractivity contribution >= 4 is 34.9 Å². The van der Waals surface area contributed by atoms with E-state index < -0.39 is 5.60 Å². The SMILES string of the molecule is C=CCNC(=O)c1cnc(Nc2ccc(N3CCN(C)C[C@H]3C)cc2)nc1Nc1ccc2c(n1)[C@@](C)(O)CC2. The van der Waals surface area contributed by atoms with Crippen molar-refractivity contribution < 1.29 is 9.90 Å². The van der Waals surface area contributed by atoms with Crippen LogP contribution in [0.4, 0.5) is 29.0 Å². The van der Waals surface area contributed by atoms with Crippen LogP contribution in [0.1, 0.15) is 41.9 Å². The molecule has 1 aliphatic heterocycles. The van der Waals surface area contributed by atoms with Gasteiger partial charge in [-0.25, -0.2) is 9.97 Å². The van der Waals surface area contributed by atoms with Crippen LogP contribution in [0.25, 0.3) is 0 Å². The van der Waals surface area contributed by atoms with Crippen LogP contribution >= 0.6 is 0 Å². The van der Waals surface area contributed by atoms with Crippen molar-refractivity contribution in [3.63, 3.8) is 0 Å². The Labute approximate surface area is 229 Å². The Morgan fingerprint density at radius 1 is 1.18 bits per heavy atom. The Balaban J connectivity index is 1.38. The van der Waals surface area contributed by atoms with E-state index in [4.69, 9.17) is 0 Å². The van der Waals surface area contributed by atoms with Crippen molar-refractivity contribution in [3.8, 4) is 0 Å². The summed E-state index contributed by atoms with van der Waals surface area (Å²) in [6, 6.07) is 12.4. The quantitative estimate of drug-likeness (QED) is 0.325. The maximum atomic E-state index is 12.8. The smallest absolute Gasteiger partial charge is 0.256 e. The van der Waals surface area contributed by atoms with Gasteiger partial charge in [0.25, 0.3) is 5.91 Å². The number of nitrogens with zero attached hydrogens (tertiary/aromatic N) is 5. The summed E-state index contributed by atoms with van der Waals surface area (Å²) in [6.07, 6.45) is 4.50. The van der Waals surface area contributed by atoms with E-state index in [-0.39, 0.29) is 11.5 Å². The Kier molecular flexibility index (Phi) is 7.49. The summed E-state index contributed by atoms with van der Waals surface area (Å²) in [4.78, 5) is 31.3. The zero-order chi connectivity index (χ0) is 27.6. The molecule has 2 aromatic heterocycles. The number of hydrogen-bond donors (Lipinski definition) is 4. The fourth-order valence-corrected chi connectivity index (χ4v) is 5.20. The highest BCUT2D eigenvalue weighted by Crippen LogP contribution is 2.36. The van der Waals surface area contributed by atoms with Gasteiger partial charge < -0.3 is 30.9 Å². The number of carbonyl (C=O) groups is 1. The molecule has 5 rings (SSSR count). The topological polar surface area (TPSA) is 119 Å². The minimum atomic E-state index is -0.982. The molecule has 1 aromatic carbocycles. The van der Waals surface area contributed by atoms with Crippen molar-refractivity contribution in [2.24, 2.45) is 0 Å².